The van der Waals surface area contributed by atoms with Gasteiger partial charge >= 0.3 is 0 Å². The number of hydrogen-bond donors (Lipinski definition) is 2. The van der Waals surface area contributed by atoms with Crippen LogP contribution in [0, 0.1) is 0 Å². The van der Waals surface area contributed by atoms with Crippen molar-refractivity contribution in [2.75, 3.05) is 17.2 Å². The summed E-state index contributed by atoms with van der Waals surface area (Å²) in [7, 11) is 0. The number of rotatable bonds is 6. The van der Waals surface area contributed by atoms with E-state index >= 15 is 0 Å². The van der Waals surface area contributed by atoms with Gasteiger partial charge in [0.25, 0.3) is 11.8 Å². The molecule has 0 aliphatic heterocycles. The molecular formula is C22H19BrN2O3. The second-order valence-corrected chi connectivity index (χ2v) is 6.87. The van der Waals surface area contributed by atoms with Gasteiger partial charge in [-0.15, -0.1) is 0 Å². The molecule has 3 rings (SSSR count). The van der Waals surface area contributed by atoms with Crippen LogP contribution in [0.1, 0.15) is 27.6 Å². The smallest absolute Gasteiger partial charge is 0.255 e. The standard InChI is InChI=1S/C22H19BrN2O3/c1-2-28-20-11-9-15(10-12-20)21(26)24-18-7-4-8-19(14-18)25-22(27)16-5-3-6-17(23)13-16/h3-14H,2H2,1H3,(H,24,26)(H,25,27). The van der Waals surface area contributed by atoms with Crippen LogP contribution in [0.4, 0.5) is 11.4 Å². The summed E-state index contributed by atoms with van der Waals surface area (Å²) in [5.74, 6) is 0.256. The highest BCUT2D eigenvalue weighted by Crippen LogP contribution is 2.19. The third kappa shape index (κ3) is 5.20. The molecule has 28 heavy (non-hydrogen) atoms. The molecule has 0 atom stereocenters. The maximum Gasteiger partial charge on any atom is 0.255 e. The summed E-state index contributed by atoms with van der Waals surface area (Å²) >= 11 is 3.35. The SMILES string of the molecule is CCOc1ccc(C(=O)Nc2cccc(NC(=O)c3cccc(Br)c3)c2)cc1. The van der Waals surface area contributed by atoms with Crippen molar-refractivity contribution in [2.24, 2.45) is 0 Å². The minimum Gasteiger partial charge on any atom is -0.494 e. The Morgan fingerprint density at radius 2 is 1.43 bits per heavy atom. The van der Waals surface area contributed by atoms with Crippen molar-refractivity contribution in [1.82, 2.24) is 0 Å². The molecule has 0 bridgehead atoms. The van der Waals surface area contributed by atoms with Crippen LogP contribution < -0.4 is 15.4 Å². The first-order valence-electron chi connectivity index (χ1n) is 8.76. The highest BCUT2D eigenvalue weighted by Gasteiger charge is 2.09. The van der Waals surface area contributed by atoms with Gasteiger partial charge in [-0.3, -0.25) is 9.59 Å². The number of halogens is 1. The third-order valence-corrected chi connectivity index (χ3v) is 4.39. The Bertz CT molecular complexity index is 987. The molecule has 0 heterocycles. The average molecular weight is 439 g/mol. The van der Waals surface area contributed by atoms with Crippen LogP contribution in [0.15, 0.2) is 77.3 Å². The summed E-state index contributed by atoms with van der Waals surface area (Å²) < 4.78 is 6.21. The van der Waals surface area contributed by atoms with Crippen molar-refractivity contribution in [3.05, 3.63) is 88.4 Å². The van der Waals surface area contributed by atoms with Gasteiger partial charge in [0, 0.05) is 27.0 Å². The molecule has 5 nitrogen and oxygen atoms in total. The summed E-state index contributed by atoms with van der Waals surface area (Å²) in [4.78, 5) is 24.8. The van der Waals surface area contributed by atoms with Crippen LogP contribution in [0.3, 0.4) is 0 Å². The van der Waals surface area contributed by atoms with Gasteiger partial charge in [-0.1, -0.05) is 28.1 Å². The molecule has 142 valence electrons. The molecule has 0 saturated heterocycles. The number of hydrogen-bond acceptors (Lipinski definition) is 3. The van der Waals surface area contributed by atoms with Crippen molar-refractivity contribution in [2.45, 2.75) is 6.92 Å². The molecule has 6 heteroatoms. The Morgan fingerprint density at radius 1 is 0.821 bits per heavy atom. The van der Waals surface area contributed by atoms with Crippen LogP contribution in [0.25, 0.3) is 0 Å². The second-order valence-electron chi connectivity index (χ2n) is 5.96. The van der Waals surface area contributed by atoms with Gasteiger partial charge in [-0.2, -0.15) is 0 Å². The Balaban J connectivity index is 1.67. The normalized spacial score (nSPS) is 10.2. The summed E-state index contributed by atoms with van der Waals surface area (Å²) in [6.45, 7) is 2.48. The molecule has 0 radical (unpaired) electrons. The lowest BCUT2D eigenvalue weighted by molar-refractivity contribution is 0.101. The topological polar surface area (TPSA) is 67.4 Å². The van der Waals surface area contributed by atoms with Gasteiger partial charge in [-0.25, -0.2) is 0 Å². The van der Waals surface area contributed by atoms with Crippen LogP contribution in [0.5, 0.6) is 5.75 Å². The zero-order valence-corrected chi connectivity index (χ0v) is 16.8. The second kappa shape index (κ2) is 9.19. The van der Waals surface area contributed by atoms with E-state index in [0.717, 1.165) is 10.2 Å². The highest BCUT2D eigenvalue weighted by molar-refractivity contribution is 9.10. The Hall–Kier alpha value is -3.12. The number of carbonyl (C=O) groups excluding carboxylic acids is 2. The van der Waals surface area contributed by atoms with Crippen molar-refractivity contribution >= 4 is 39.1 Å². The quantitative estimate of drug-likeness (QED) is 0.544. The minimum atomic E-state index is -0.237. The molecular weight excluding hydrogens is 420 g/mol. The predicted octanol–water partition coefficient (Wildman–Crippen LogP) is 5.35. The fraction of sp³-hybridized carbons (Fsp3) is 0.0909. The van der Waals surface area contributed by atoms with Gasteiger partial charge in [0.2, 0.25) is 0 Å². The molecule has 0 aliphatic carbocycles. The first-order chi connectivity index (χ1) is 13.5. The summed E-state index contributed by atoms with van der Waals surface area (Å²) in [6.07, 6.45) is 0. The van der Waals surface area contributed by atoms with Gasteiger partial charge in [0.1, 0.15) is 5.75 Å². The van der Waals surface area contributed by atoms with Crippen molar-refractivity contribution in [3.8, 4) is 5.75 Å². The maximum absolute atomic E-state index is 12.4. The summed E-state index contributed by atoms with van der Waals surface area (Å²) in [5.41, 5.74) is 2.24. The Labute approximate surface area is 171 Å². The molecule has 2 N–H and O–H groups in total. The van der Waals surface area contributed by atoms with E-state index in [2.05, 4.69) is 26.6 Å². The molecule has 0 fully saturated rings. The molecule has 0 aliphatic rings. The molecule has 3 aromatic carbocycles. The van der Waals surface area contributed by atoms with E-state index < -0.39 is 0 Å². The fourth-order valence-electron chi connectivity index (χ4n) is 2.58. The van der Waals surface area contributed by atoms with Crippen molar-refractivity contribution < 1.29 is 14.3 Å². The molecule has 0 unspecified atom stereocenters. The van der Waals surface area contributed by atoms with Crippen LogP contribution >= 0.6 is 15.9 Å². The molecule has 2 amide bonds. The van der Waals surface area contributed by atoms with E-state index in [4.69, 9.17) is 4.74 Å². The predicted molar refractivity (Wildman–Crippen MR) is 114 cm³/mol. The van der Waals surface area contributed by atoms with Gasteiger partial charge in [0.15, 0.2) is 0 Å². The summed E-state index contributed by atoms with van der Waals surface area (Å²) in [6, 6.07) is 21.1. The van der Waals surface area contributed by atoms with Crippen LogP contribution in [0.2, 0.25) is 0 Å². The number of nitrogens with one attached hydrogen (secondary N) is 2. The number of ether oxygens (including phenoxy) is 1. The number of anilines is 2. The monoisotopic (exact) mass is 438 g/mol. The summed E-state index contributed by atoms with van der Waals surface area (Å²) in [5, 5.41) is 5.67. The first-order valence-corrected chi connectivity index (χ1v) is 9.55. The lowest BCUT2D eigenvalue weighted by Gasteiger charge is -2.10. The average Bonchev–Trinajstić information content (AvgIpc) is 2.69. The zero-order chi connectivity index (χ0) is 19.9. The largest absolute Gasteiger partial charge is 0.494 e. The Kier molecular flexibility index (Phi) is 6.45. The molecule has 0 saturated carbocycles. The van der Waals surface area contributed by atoms with E-state index in [9.17, 15) is 9.59 Å². The van der Waals surface area contributed by atoms with Crippen molar-refractivity contribution in [3.63, 3.8) is 0 Å². The zero-order valence-electron chi connectivity index (χ0n) is 15.2. The Morgan fingerprint density at radius 3 is 2.04 bits per heavy atom. The van der Waals surface area contributed by atoms with Crippen molar-refractivity contribution in [1.29, 1.82) is 0 Å². The first kappa shape index (κ1) is 19.6. The van der Waals surface area contributed by atoms with E-state index in [1.54, 1.807) is 66.7 Å². The third-order valence-electron chi connectivity index (χ3n) is 3.89. The van der Waals surface area contributed by atoms with Gasteiger partial charge in [0.05, 0.1) is 6.61 Å². The molecule has 0 aromatic heterocycles. The number of carbonyl (C=O) groups is 2. The van der Waals surface area contributed by atoms with Crippen LogP contribution in [-0.4, -0.2) is 18.4 Å². The van der Waals surface area contributed by atoms with E-state index in [-0.39, 0.29) is 11.8 Å². The van der Waals surface area contributed by atoms with E-state index in [1.165, 1.54) is 0 Å². The fourth-order valence-corrected chi connectivity index (χ4v) is 2.98. The highest BCUT2D eigenvalue weighted by atomic mass is 79.9. The van der Waals surface area contributed by atoms with E-state index in [1.807, 2.05) is 13.0 Å². The van der Waals surface area contributed by atoms with Gasteiger partial charge in [-0.05, 0) is 67.6 Å². The minimum absolute atomic E-state index is 0.226. The van der Waals surface area contributed by atoms with E-state index in [0.29, 0.717) is 29.1 Å². The van der Waals surface area contributed by atoms with Gasteiger partial charge < -0.3 is 15.4 Å². The molecule has 0 spiro atoms. The van der Waals surface area contributed by atoms with Crippen LogP contribution in [-0.2, 0) is 0 Å². The molecule has 3 aromatic rings. The maximum atomic E-state index is 12.4. The number of benzene rings is 3. The lowest BCUT2D eigenvalue weighted by Crippen LogP contribution is -2.14. The lowest BCUT2D eigenvalue weighted by atomic mass is 10.2. The number of amides is 2.